The summed E-state index contributed by atoms with van der Waals surface area (Å²) in [6, 6.07) is 11.4. The van der Waals surface area contributed by atoms with Gasteiger partial charge < -0.3 is 20.3 Å². The molecule has 1 aliphatic heterocycles. The van der Waals surface area contributed by atoms with Gasteiger partial charge in [-0.3, -0.25) is 0 Å². The van der Waals surface area contributed by atoms with Crippen LogP contribution in [0.2, 0.25) is 0 Å². The van der Waals surface area contributed by atoms with Gasteiger partial charge in [-0.05, 0) is 49.1 Å². The smallest absolute Gasteiger partial charge is 0.319 e. The number of aromatic nitrogens is 1. The Morgan fingerprint density at radius 3 is 2.88 bits per heavy atom. The van der Waals surface area contributed by atoms with Crippen LogP contribution in [0.25, 0.3) is 0 Å². The molecule has 2 aromatic rings. The molecule has 2 amide bonds. The fraction of sp³-hybridized carbons (Fsp3) is 0.368. The van der Waals surface area contributed by atoms with Crippen LogP contribution in [0.4, 0.5) is 16.3 Å². The third-order valence-corrected chi connectivity index (χ3v) is 4.27. The minimum atomic E-state index is -0.212. The number of ether oxygens (including phenoxy) is 1. The van der Waals surface area contributed by atoms with E-state index in [4.69, 9.17) is 4.74 Å². The molecule has 0 aliphatic carbocycles. The molecule has 0 unspecified atom stereocenters. The van der Waals surface area contributed by atoms with Gasteiger partial charge in [0.2, 0.25) is 0 Å². The van der Waals surface area contributed by atoms with E-state index in [1.165, 1.54) is 12.8 Å². The quantitative estimate of drug-likeness (QED) is 0.848. The van der Waals surface area contributed by atoms with Crippen molar-refractivity contribution >= 4 is 17.5 Å². The second kappa shape index (κ2) is 8.37. The predicted molar refractivity (Wildman–Crippen MR) is 99.4 cm³/mol. The maximum absolute atomic E-state index is 12.2. The lowest BCUT2D eigenvalue weighted by Crippen LogP contribution is -2.31. The Labute approximate surface area is 148 Å². The Hall–Kier alpha value is -2.76. The molecule has 0 saturated carbocycles. The van der Waals surface area contributed by atoms with Crippen LogP contribution in [-0.2, 0) is 6.42 Å². The summed E-state index contributed by atoms with van der Waals surface area (Å²) in [5.41, 5.74) is 1.88. The van der Waals surface area contributed by atoms with Crippen LogP contribution >= 0.6 is 0 Å². The highest BCUT2D eigenvalue weighted by Crippen LogP contribution is 2.25. The lowest BCUT2D eigenvalue weighted by molar-refractivity contribution is 0.252. The van der Waals surface area contributed by atoms with Crippen LogP contribution in [-0.4, -0.2) is 37.8 Å². The molecule has 6 heteroatoms. The second-order valence-corrected chi connectivity index (χ2v) is 6.05. The van der Waals surface area contributed by atoms with Crippen LogP contribution in [0.1, 0.15) is 18.4 Å². The molecular weight excluding hydrogens is 316 g/mol. The minimum Gasteiger partial charge on any atom is -0.497 e. The van der Waals surface area contributed by atoms with Crippen molar-refractivity contribution in [2.75, 3.05) is 37.0 Å². The van der Waals surface area contributed by atoms with Crippen LogP contribution in [0.15, 0.2) is 42.6 Å². The monoisotopic (exact) mass is 340 g/mol. The van der Waals surface area contributed by atoms with Crippen LogP contribution in [0.3, 0.4) is 0 Å². The van der Waals surface area contributed by atoms with Gasteiger partial charge in [0.25, 0.3) is 0 Å². The maximum atomic E-state index is 12.2. The summed E-state index contributed by atoms with van der Waals surface area (Å²) in [6.07, 6.45) is 4.85. The van der Waals surface area contributed by atoms with E-state index >= 15 is 0 Å². The molecule has 2 heterocycles. The molecule has 0 spiro atoms. The molecule has 25 heavy (non-hydrogen) atoms. The standard InChI is InChI=1S/C19H24N4O2/c1-25-16-7-4-6-15(14-16)9-11-21-19(24)22-17-8-5-10-20-18(17)23-12-2-3-13-23/h4-8,10,14H,2-3,9,11-13H2,1H3,(H2,21,22,24). The Kier molecular flexibility index (Phi) is 5.72. The van der Waals surface area contributed by atoms with Crippen molar-refractivity contribution in [3.63, 3.8) is 0 Å². The highest BCUT2D eigenvalue weighted by Gasteiger charge is 2.17. The van der Waals surface area contributed by atoms with Crippen LogP contribution in [0.5, 0.6) is 5.75 Å². The number of amides is 2. The molecular formula is C19H24N4O2. The molecule has 0 atom stereocenters. The number of pyridine rings is 1. The van der Waals surface area contributed by atoms with Crippen molar-refractivity contribution in [3.8, 4) is 5.75 Å². The SMILES string of the molecule is COc1cccc(CCNC(=O)Nc2cccnc2N2CCCC2)c1. The number of rotatable bonds is 6. The topological polar surface area (TPSA) is 66.5 Å². The molecule has 6 nitrogen and oxygen atoms in total. The Balaban J connectivity index is 1.52. The van der Waals surface area contributed by atoms with Crippen molar-refractivity contribution < 1.29 is 9.53 Å². The maximum Gasteiger partial charge on any atom is 0.319 e. The number of benzene rings is 1. The summed E-state index contributed by atoms with van der Waals surface area (Å²) in [6.45, 7) is 2.53. The Morgan fingerprint density at radius 2 is 2.08 bits per heavy atom. The molecule has 3 rings (SSSR count). The molecule has 1 fully saturated rings. The highest BCUT2D eigenvalue weighted by molar-refractivity contribution is 5.92. The van der Waals surface area contributed by atoms with Gasteiger partial charge in [0, 0.05) is 25.8 Å². The number of hydrogen-bond donors (Lipinski definition) is 2. The molecule has 1 aromatic heterocycles. The van der Waals surface area contributed by atoms with E-state index in [1.54, 1.807) is 13.3 Å². The van der Waals surface area contributed by atoms with Crippen LogP contribution < -0.4 is 20.3 Å². The number of carbonyl (C=O) groups is 1. The zero-order chi connectivity index (χ0) is 17.5. The van der Waals surface area contributed by atoms with E-state index in [0.29, 0.717) is 6.54 Å². The molecule has 2 N–H and O–H groups in total. The van der Waals surface area contributed by atoms with Gasteiger partial charge in [-0.25, -0.2) is 9.78 Å². The van der Waals surface area contributed by atoms with Gasteiger partial charge in [0.1, 0.15) is 5.75 Å². The summed E-state index contributed by atoms with van der Waals surface area (Å²) in [5.74, 6) is 1.68. The number of anilines is 2. The molecule has 0 radical (unpaired) electrons. The number of hydrogen-bond acceptors (Lipinski definition) is 4. The fourth-order valence-corrected chi connectivity index (χ4v) is 2.99. The van der Waals surface area contributed by atoms with Crippen molar-refractivity contribution in [2.24, 2.45) is 0 Å². The van der Waals surface area contributed by atoms with E-state index in [2.05, 4.69) is 20.5 Å². The first-order valence-electron chi connectivity index (χ1n) is 8.64. The van der Waals surface area contributed by atoms with Gasteiger partial charge in [0.05, 0.1) is 12.8 Å². The third kappa shape index (κ3) is 4.62. The second-order valence-electron chi connectivity index (χ2n) is 6.05. The summed E-state index contributed by atoms with van der Waals surface area (Å²) >= 11 is 0. The number of urea groups is 1. The summed E-state index contributed by atoms with van der Waals surface area (Å²) in [4.78, 5) is 18.8. The summed E-state index contributed by atoms with van der Waals surface area (Å²) in [7, 11) is 1.65. The molecule has 132 valence electrons. The lowest BCUT2D eigenvalue weighted by Gasteiger charge is -2.20. The normalized spacial score (nSPS) is 13.6. The van der Waals surface area contributed by atoms with Crippen molar-refractivity contribution in [3.05, 3.63) is 48.2 Å². The van der Waals surface area contributed by atoms with E-state index < -0.39 is 0 Å². The number of nitrogens with one attached hydrogen (secondary N) is 2. The van der Waals surface area contributed by atoms with Gasteiger partial charge in [-0.2, -0.15) is 0 Å². The van der Waals surface area contributed by atoms with E-state index in [0.717, 1.165) is 42.3 Å². The average Bonchev–Trinajstić information content (AvgIpc) is 3.17. The lowest BCUT2D eigenvalue weighted by atomic mass is 10.1. The van der Waals surface area contributed by atoms with E-state index in [9.17, 15) is 4.79 Å². The van der Waals surface area contributed by atoms with Crippen molar-refractivity contribution in [1.29, 1.82) is 0 Å². The number of carbonyl (C=O) groups excluding carboxylic acids is 1. The largest absolute Gasteiger partial charge is 0.497 e. The van der Waals surface area contributed by atoms with E-state index in [-0.39, 0.29) is 6.03 Å². The molecule has 1 aromatic carbocycles. The highest BCUT2D eigenvalue weighted by atomic mass is 16.5. The first-order chi connectivity index (χ1) is 12.3. The van der Waals surface area contributed by atoms with Crippen molar-refractivity contribution in [2.45, 2.75) is 19.3 Å². The minimum absolute atomic E-state index is 0.212. The fourth-order valence-electron chi connectivity index (χ4n) is 2.99. The van der Waals surface area contributed by atoms with Gasteiger partial charge in [0.15, 0.2) is 5.82 Å². The Bertz CT molecular complexity index is 714. The first-order valence-corrected chi connectivity index (χ1v) is 8.64. The van der Waals surface area contributed by atoms with Gasteiger partial charge in [-0.15, -0.1) is 0 Å². The zero-order valence-corrected chi connectivity index (χ0v) is 14.5. The molecule has 1 aliphatic rings. The first kappa shape index (κ1) is 17.1. The molecule has 1 saturated heterocycles. The van der Waals surface area contributed by atoms with Crippen LogP contribution in [0, 0.1) is 0 Å². The summed E-state index contributed by atoms with van der Waals surface area (Å²) in [5, 5.41) is 5.82. The third-order valence-electron chi connectivity index (χ3n) is 4.27. The number of nitrogens with zero attached hydrogens (tertiary/aromatic N) is 2. The predicted octanol–water partition coefficient (Wildman–Crippen LogP) is 3.05. The van der Waals surface area contributed by atoms with E-state index in [1.807, 2.05) is 36.4 Å². The Morgan fingerprint density at radius 1 is 1.24 bits per heavy atom. The van der Waals surface area contributed by atoms with Gasteiger partial charge >= 0.3 is 6.03 Å². The summed E-state index contributed by atoms with van der Waals surface area (Å²) < 4.78 is 5.21. The average molecular weight is 340 g/mol. The van der Waals surface area contributed by atoms with Gasteiger partial charge in [-0.1, -0.05) is 12.1 Å². The molecule has 0 bridgehead atoms. The zero-order valence-electron chi connectivity index (χ0n) is 14.5. The van der Waals surface area contributed by atoms with Crippen molar-refractivity contribution in [1.82, 2.24) is 10.3 Å². The number of methoxy groups -OCH3 is 1.